The number of carboxylic acid groups (broad SMARTS) is 2. The van der Waals surface area contributed by atoms with Crippen LogP contribution in [0.3, 0.4) is 0 Å². The lowest BCUT2D eigenvalue weighted by Crippen LogP contribution is -2.35. The normalized spacial score (nSPS) is 10.0. The Morgan fingerprint density at radius 3 is 1.09 bits per heavy atom. The molecule has 0 saturated heterocycles. The lowest BCUT2D eigenvalue weighted by Gasteiger charge is -2.23. The van der Waals surface area contributed by atoms with Crippen LogP contribution in [-0.2, 0) is 9.47 Å². The first-order valence-electron chi connectivity index (χ1n) is 12.4. The van der Waals surface area contributed by atoms with E-state index in [1.54, 1.807) is 0 Å². The summed E-state index contributed by atoms with van der Waals surface area (Å²) in [4.78, 5) is 18.2. The Labute approximate surface area is 204 Å². The van der Waals surface area contributed by atoms with Crippen LogP contribution in [0.15, 0.2) is 0 Å². The van der Waals surface area contributed by atoms with Crippen LogP contribution >= 0.6 is 0 Å². The molecule has 0 fully saturated rings. The van der Waals surface area contributed by atoms with E-state index in [1.165, 1.54) is 109 Å². The number of hydrogen-bond donors (Lipinski definition) is 2. The molecule has 8 nitrogen and oxygen atoms in total. The highest BCUT2D eigenvalue weighted by Crippen LogP contribution is 2.13. The van der Waals surface area contributed by atoms with Crippen LogP contribution in [0.4, 0.5) is 9.59 Å². The van der Waals surface area contributed by atoms with Gasteiger partial charge in [-0.2, -0.15) is 0 Å². The van der Waals surface area contributed by atoms with Crippen LogP contribution in [0.1, 0.15) is 110 Å². The first-order valence-corrected chi connectivity index (χ1v) is 12.4. The van der Waals surface area contributed by atoms with Crippen molar-refractivity contribution >= 4 is 12.3 Å². The van der Waals surface area contributed by atoms with Gasteiger partial charge in [0.25, 0.3) is 6.16 Å². The van der Waals surface area contributed by atoms with Crippen molar-refractivity contribution in [1.82, 2.24) is 6.15 Å². The predicted octanol–water partition coefficient (Wildman–Crippen LogP) is 6.40. The van der Waals surface area contributed by atoms with Crippen LogP contribution in [0.2, 0.25) is 0 Å². The molecule has 0 aliphatic heterocycles. The number of hydrogen-bond acceptors (Lipinski definition) is 6. The number of unbranched alkanes of at least 4 members (excludes halogenated alkanes) is 15. The number of nitrogens with zero attached hydrogens (tertiary/aromatic N) is 1. The molecule has 0 radical (unpaired) electrons. The molecule has 0 bridgehead atoms. The second-order valence-electron chi connectivity index (χ2n) is 9.24. The van der Waals surface area contributed by atoms with Crippen molar-refractivity contribution in [2.75, 3.05) is 41.9 Å². The zero-order valence-electron chi connectivity index (χ0n) is 22.7. The van der Waals surface area contributed by atoms with E-state index >= 15 is 0 Å². The van der Waals surface area contributed by atoms with Gasteiger partial charge in [0.05, 0.1) is 34.8 Å². The molecule has 8 heteroatoms. The van der Waals surface area contributed by atoms with Crippen LogP contribution in [0, 0.1) is 0 Å². The molecule has 0 heterocycles. The molecule has 33 heavy (non-hydrogen) atoms. The maximum atomic E-state index is 9.15. The van der Waals surface area contributed by atoms with E-state index in [9.17, 15) is 0 Å². The SMILES string of the molecule is CCCCCCCCCCCCCCCCCC[N+](C)(C)C.COC(=O)O.COC(=O)[O-].N. The third-order valence-electron chi connectivity index (χ3n) is 5.02. The maximum absolute atomic E-state index is 9.15. The van der Waals surface area contributed by atoms with Crippen molar-refractivity contribution in [3.8, 4) is 0 Å². The monoisotopic (exact) mass is 480 g/mol. The van der Waals surface area contributed by atoms with Crippen molar-refractivity contribution < 1.29 is 33.8 Å². The molecule has 0 rings (SSSR count). The van der Waals surface area contributed by atoms with Crippen molar-refractivity contribution in [3.05, 3.63) is 0 Å². The van der Waals surface area contributed by atoms with Gasteiger partial charge in [0.1, 0.15) is 0 Å². The van der Waals surface area contributed by atoms with E-state index in [4.69, 9.17) is 19.8 Å². The van der Waals surface area contributed by atoms with Crippen LogP contribution < -0.4 is 11.3 Å². The summed E-state index contributed by atoms with van der Waals surface area (Å²) >= 11 is 0. The topological polar surface area (TPSA) is 131 Å². The van der Waals surface area contributed by atoms with Crippen molar-refractivity contribution in [3.63, 3.8) is 0 Å². The summed E-state index contributed by atoms with van der Waals surface area (Å²) in [6, 6.07) is 0. The zero-order valence-corrected chi connectivity index (χ0v) is 22.7. The highest BCUT2D eigenvalue weighted by atomic mass is 16.7. The fourth-order valence-corrected chi connectivity index (χ4v) is 3.13. The smallest absolute Gasteiger partial charge is 0.505 e. The van der Waals surface area contributed by atoms with E-state index in [0.717, 1.165) is 18.7 Å². The molecule has 4 N–H and O–H groups in total. The minimum Gasteiger partial charge on any atom is -0.553 e. The highest BCUT2D eigenvalue weighted by Gasteiger charge is 2.04. The highest BCUT2D eigenvalue weighted by molar-refractivity contribution is 5.56. The number of quaternary nitrogens is 1. The summed E-state index contributed by atoms with van der Waals surface area (Å²) in [5.74, 6) is 0. The number of ether oxygens (including phenoxy) is 2. The molecular formula is C25H56N2O6. The fourth-order valence-electron chi connectivity index (χ4n) is 3.13. The van der Waals surface area contributed by atoms with Crippen molar-refractivity contribution in [2.24, 2.45) is 0 Å². The largest absolute Gasteiger partial charge is 0.553 e. The van der Waals surface area contributed by atoms with Gasteiger partial charge >= 0.3 is 6.16 Å². The summed E-state index contributed by atoms with van der Waals surface area (Å²) in [5.41, 5.74) is 0. The zero-order chi connectivity index (χ0) is 25.1. The number of carbonyl (C=O) groups is 2. The maximum Gasteiger partial charge on any atom is 0.505 e. The molecule has 0 aromatic rings. The van der Waals surface area contributed by atoms with Crippen molar-refractivity contribution in [1.29, 1.82) is 0 Å². The molecule has 0 saturated carbocycles. The molecule has 202 valence electrons. The molecular weight excluding hydrogens is 424 g/mol. The van der Waals surface area contributed by atoms with Gasteiger partial charge in [0, 0.05) is 7.11 Å². The minimum atomic E-state index is -1.50. The third kappa shape index (κ3) is 53.6. The third-order valence-corrected chi connectivity index (χ3v) is 5.02. The van der Waals surface area contributed by atoms with Gasteiger partial charge in [0.2, 0.25) is 0 Å². The van der Waals surface area contributed by atoms with Crippen LogP contribution in [-0.4, -0.2) is 63.8 Å². The summed E-state index contributed by atoms with van der Waals surface area (Å²) in [6.45, 7) is 3.63. The van der Waals surface area contributed by atoms with E-state index < -0.39 is 12.3 Å². The van der Waals surface area contributed by atoms with E-state index in [2.05, 4.69) is 37.5 Å². The molecule has 0 unspecified atom stereocenters. The summed E-state index contributed by atoms with van der Waals surface area (Å²) in [6.07, 6.45) is 20.6. The number of carbonyl (C=O) groups excluding carboxylic acids is 1. The summed E-state index contributed by atoms with van der Waals surface area (Å²) in [5, 5.41) is 16.5. The Morgan fingerprint density at radius 2 is 0.909 bits per heavy atom. The van der Waals surface area contributed by atoms with Crippen LogP contribution in [0.5, 0.6) is 0 Å². The van der Waals surface area contributed by atoms with E-state index in [0.29, 0.717) is 0 Å². The standard InChI is InChI=1S/C21H46N.2C2H4O3.H3N/c1-5-6-7-8-9-10-11-12-13-14-15-16-17-18-19-20-21-22(2,3)4;2*1-5-2(3)4;/h5-21H2,1-4H3;2*1H3,(H,3,4);1H3/q+1;;;/p-1. The Morgan fingerprint density at radius 1 is 0.667 bits per heavy atom. The molecule has 0 aliphatic carbocycles. The van der Waals surface area contributed by atoms with Gasteiger partial charge in [-0.15, -0.1) is 0 Å². The number of rotatable bonds is 17. The summed E-state index contributed by atoms with van der Waals surface area (Å²) in [7, 11) is 9.03. The van der Waals surface area contributed by atoms with Crippen LogP contribution in [0.25, 0.3) is 0 Å². The second kappa shape index (κ2) is 30.5. The van der Waals surface area contributed by atoms with Gasteiger partial charge in [-0.25, -0.2) is 4.79 Å². The molecule has 0 amide bonds. The predicted molar refractivity (Wildman–Crippen MR) is 135 cm³/mol. The first kappa shape index (κ1) is 38.7. The average molecular weight is 481 g/mol. The fraction of sp³-hybridized carbons (Fsp3) is 0.920. The quantitative estimate of drug-likeness (QED) is 0.140. The summed E-state index contributed by atoms with van der Waals surface area (Å²) < 4.78 is 8.35. The Kier molecular flexibility index (Phi) is 35.7. The molecule has 0 aliphatic rings. The van der Waals surface area contributed by atoms with E-state index in [-0.39, 0.29) is 6.15 Å². The lowest BCUT2D eigenvalue weighted by molar-refractivity contribution is -0.870. The Balaban J connectivity index is -0.000000318. The van der Waals surface area contributed by atoms with Gasteiger partial charge in [-0.1, -0.05) is 96.8 Å². The van der Waals surface area contributed by atoms with Gasteiger partial charge < -0.3 is 35.1 Å². The van der Waals surface area contributed by atoms with Gasteiger partial charge in [-0.3, -0.25) is 0 Å². The Bertz CT molecular complexity index is 387. The first-order chi connectivity index (χ1) is 15.1. The molecule has 0 atom stereocenters. The van der Waals surface area contributed by atoms with Gasteiger partial charge in [-0.05, 0) is 12.8 Å². The average Bonchev–Trinajstić information content (AvgIpc) is 2.73. The van der Waals surface area contributed by atoms with Gasteiger partial charge in [0.15, 0.2) is 0 Å². The van der Waals surface area contributed by atoms with E-state index in [1.807, 2.05) is 0 Å². The number of methoxy groups -OCH3 is 2. The molecule has 0 aromatic carbocycles. The van der Waals surface area contributed by atoms with Crippen molar-refractivity contribution in [2.45, 2.75) is 110 Å². The Hall–Kier alpha value is -1.54. The molecule has 0 aromatic heterocycles. The lowest BCUT2D eigenvalue weighted by atomic mass is 10.0. The molecule has 0 spiro atoms. The minimum absolute atomic E-state index is 0. The second-order valence-corrected chi connectivity index (χ2v) is 9.24.